The van der Waals surface area contributed by atoms with Gasteiger partial charge in [0.2, 0.25) is 0 Å². The molecule has 1 nitrogen and oxygen atoms in total. The number of carbonyl (C=O) groups is 1. The highest BCUT2D eigenvalue weighted by Crippen LogP contribution is 2.57. The van der Waals surface area contributed by atoms with Crippen LogP contribution in [-0.4, -0.2) is 11.2 Å². The number of alkyl halides is 1. The Balaban J connectivity index is 2.09. The summed E-state index contributed by atoms with van der Waals surface area (Å²) in [5.74, 6) is 0.277. The van der Waals surface area contributed by atoms with E-state index in [0.29, 0.717) is 0 Å². The minimum absolute atomic E-state index is 0.0864. The summed E-state index contributed by atoms with van der Waals surface area (Å²) in [5.41, 5.74) is 1.91. The molecule has 0 N–H and O–H groups in total. The molecule has 3 rings (SSSR count). The third-order valence-corrected chi connectivity index (χ3v) is 4.11. The standard InChI is InChI=1S/C12H11ClO/c13-10-7-12(10)6-5-8-3-1-2-4-9(8)11(12)14/h1-4,10H,5-7H2. The highest BCUT2D eigenvalue weighted by Gasteiger charge is 2.60. The zero-order chi connectivity index (χ0) is 9.76. The first-order chi connectivity index (χ1) is 6.74. The molecule has 0 amide bonds. The van der Waals surface area contributed by atoms with E-state index >= 15 is 0 Å². The SMILES string of the molecule is O=C1c2ccccc2CCC12CC2Cl. The van der Waals surface area contributed by atoms with Gasteiger partial charge >= 0.3 is 0 Å². The zero-order valence-corrected chi connectivity index (χ0v) is 8.55. The van der Waals surface area contributed by atoms with Gasteiger partial charge in [0.1, 0.15) is 0 Å². The summed E-state index contributed by atoms with van der Waals surface area (Å²) in [7, 11) is 0. The van der Waals surface area contributed by atoms with Crippen LogP contribution >= 0.6 is 11.6 Å². The fourth-order valence-electron chi connectivity index (χ4n) is 2.45. The molecule has 0 saturated heterocycles. The van der Waals surface area contributed by atoms with Gasteiger partial charge < -0.3 is 0 Å². The van der Waals surface area contributed by atoms with Crippen molar-refractivity contribution < 1.29 is 4.79 Å². The molecule has 2 unspecified atom stereocenters. The third-order valence-electron chi connectivity index (χ3n) is 3.54. The second kappa shape index (κ2) is 2.60. The predicted octanol–water partition coefficient (Wildman–Crippen LogP) is 2.81. The maximum Gasteiger partial charge on any atom is 0.170 e. The Labute approximate surface area is 88.1 Å². The van der Waals surface area contributed by atoms with Gasteiger partial charge in [-0.1, -0.05) is 24.3 Å². The number of ketones is 1. The smallest absolute Gasteiger partial charge is 0.170 e. The summed E-state index contributed by atoms with van der Waals surface area (Å²) < 4.78 is 0. The molecule has 72 valence electrons. The molecule has 0 aromatic heterocycles. The summed E-state index contributed by atoms with van der Waals surface area (Å²) in [5, 5.41) is 0.0864. The summed E-state index contributed by atoms with van der Waals surface area (Å²) in [6.45, 7) is 0. The Kier molecular flexibility index (Phi) is 1.58. The number of rotatable bonds is 0. The number of Topliss-reactive ketones (excluding diaryl/α,β-unsaturated/α-hetero) is 1. The number of carbonyl (C=O) groups excluding carboxylic acids is 1. The van der Waals surface area contributed by atoms with Crippen LogP contribution in [0, 0.1) is 5.41 Å². The molecule has 2 aliphatic carbocycles. The van der Waals surface area contributed by atoms with E-state index in [1.807, 2.05) is 24.3 Å². The van der Waals surface area contributed by atoms with Gasteiger partial charge in [0, 0.05) is 10.9 Å². The van der Waals surface area contributed by atoms with Crippen molar-refractivity contribution >= 4 is 17.4 Å². The van der Waals surface area contributed by atoms with E-state index in [1.54, 1.807) is 0 Å². The van der Waals surface area contributed by atoms with Gasteiger partial charge in [0.15, 0.2) is 5.78 Å². The van der Waals surface area contributed by atoms with Gasteiger partial charge in [-0.05, 0) is 24.8 Å². The van der Waals surface area contributed by atoms with Crippen molar-refractivity contribution in [2.24, 2.45) is 5.41 Å². The second-order valence-electron chi connectivity index (χ2n) is 4.31. The van der Waals surface area contributed by atoms with E-state index in [0.717, 1.165) is 24.8 Å². The topological polar surface area (TPSA) is 17.1 Å². The lowest BCUT2D eigenvalue weighted by Gasteiger charge is -2.22. The molecule has 14 heavy (non-hydrogen) atoms. The summed E-state index contributed by atoms with van der Waals surface area (Å²) in [6, 6.07) is 7.91. The Morgan fingerprint density at radius 2 is 2.07 bits per heavy atom. The van der Waals surface area contributed by atoms with Gasteiger partial charge in [0.25, 0.3) is 0 Å². The fourth-order valence-corrected chi connectivity index (χ4v) is 2.94. The van der Waals surface area contributed by atoms with Crippen molar-refractivity contribution in [1.82, 2.24) is 0 Å². The van der Waals surface area contributed by atoms with Crippen molar-refractivity contribution in [3.8, 4) is 0 Å². The molecular weight excluding hydrogens is 196 g/mol. The third kappa shape index (κ3) is 0.936. The Morgan fingerprint density at radius 1 is 1.36 bits per heavy atom. The average molecular weight is 207 g/mol. The summed E-state index contributed by atoms with van der Waals surface area (Å²) in [4.78, 5) is 12.1. The van der Waals surface area contributed by atoms with Crippen LogP contribution < -0.4 is 0 Å². The van der Waals surface area contributed by atoms with Crippen LogP contribution in [-0.2, 0) is 6.42 Å². The minimum atomic E-state index is -0.185. The van der Waals surface area contributed by atoms with E-state index in [2.05, 4.69) is 0 Å². The van der Waals surface area contributed by atoms with E-state index in [1.165, 1.54) is 5.56 Å². The first kappa shape index (κ1) is 8.49. The lowest BCUT2D eigenvalue weighted by Crippen LogP contribution is -2.25. The zero-order valence-electron chi connectivity index (χ0n) is 7.79. The van der Waals surface area contributed by atoms with Gasteiger partial charge in [-0.2, -0.15) is 0 Å². The maximum absolute atomic E-state index is 12.1. The molecule has 1 saturated carbocycles. The molecule has 1 fully saturated rings. The van der Waals surface area contributed by atoms with Crippen LogP contribution in [0.15, 0.2) is 24.3 Å². The van der Waals surface area contributed by atoms with Crippen molar-refractivity contribution in [3.05, 3.63) is 35.4 Å². The van der Waals surface area contributed by atoms with Crippen LogP contribution in [0.1, 0.15) is 28.8 Å². The molecule has 0 radical (unpaired) electrons. The first-order valence-electron chi connectivity index (χ1n) is 5.01. The van der Waals surface area contributed by atoms with Gasteiger partial charge in [-0.3, -0.25) is 4.79 Å². The quantitative estimate of drug-likeness (QED) is 0.597. The van der Waals surface area contributed by atoms with Crippen molar-refractivity contribution in [2.45, 2.75) is 24.6 Å². The summed E-state index contributed by atoms with van der Waals surface area (Å²) >= 11 is 6.06. The normalized spacial score (nSPS) is 34.4. The van der Waals surface area contributed by atoms with Crippen LogP contribution in [0.2, 0.25) is 0 Å². The molecule has 1 aromatic carbocycles. The maximum atomic E-state index is 12.1. The molecule has 2 atom stereocenters. The van der Waals surface area contributed by atoms with Crippen LogP contribution in [0.4, 0.5) is 0 Å². The monoisotopic (exact) mass is 206 g/mol. The van der Waals surface area contributed by atoms with E-state index < -0.39 is 0 Å². The fraction of sp³-hybridized carbons (Fsp3) is 0.417. The highest BCUT2D eigenvalue weighted by molar-refractivity contribution is 6.27. The number of halogens is 1. The molecule has 2 heteroatoms. The van der Waals surface area contributed by atoms with Crippen LogP contribution in [0.5, 0.6) is 0 Å². The molecule has 0 aliphatic heterocycles. The Bertz CT molecular complexity index is 413. The molecule has 1 aromatic rings. The highest BCUT2D eigenvalue weighted by atomic mass is 35.5. The minimum Gasteiger partial charge on any atom is -0.293 e. The van der Waals surface area contributed by atoms with Crippen molar-refractivity contribution in [1.29, 1.82) is 0 Å². The predicted molar refractivity (Wildman–Crippen MR) is 55.8 cm³/mol. The molecule has 1 spiro atoms. The van der Waals surface area contributed by atoms with E-state index in [9.17, 15) is 4.79 Å². The molecular formula is C12H11ClO. The number of benzene rings is 1. The van der Waals surface area contributed by atoms with Crippen LogP contribution in [0.3, 0.4) is 0 Å². The second-order valence-corrected chi connectivity index (χ2v) is 4.84. The Hall–Kier alpha value is -0.820. The molecule has 0 bridgehead atoms. The van der Waals surface area contributed by atoms with Crippen molar-refractivity contribution in [3.63, 3.8) is 0 Å². The molecule has 2 aliphatic rings. The largest absolute Gasteiger partial charge is 0.293 e. The van der Waals surface area contributed by atoms with E-state index in [-0.39, 0.29) is 16.6 Å². The number of hydrogen-bond donors (Lipinski definition) is 0. The van der Waals surface area contributed by atoms with Crippen LogP contribution in [0.25, 0.3) is 0 Å². The Morgan fingerprint density at radius 3 is 2.79 bits per heavy atom. The number of fused-ring (bicyclic) bond motifs is 1. The van der Waals surface area contributed by atoms with Gasteiger partial charge in [0.05, 0.1) is 5.41 Å². The summed E-state index contributed by atoms with van der Waals surface area (Å²) in [6.07, 6.45) is 2.82. The molecule has 0 heterocycles. The first-order valence-corrected chi connectivity index (χ1v) is 5.44. The van der Waals surface area contributed by atoms with Crippen molar-refractivity contribution in [2.75, 3.05) is 0 Å². The lowest BCUT2D eigenvalue weighted by atomic mass is 9.80. The average Bonchev–Trinajstić information content (AvgIpc) is 2.86. The van der Waals surface area contributed by atoms with Gasteiger partial charge in [-0.25, -0.2) is 0 Å². The number of aryl methyl sites for hydroxylation is 1. The lowest BCUT2D eigenvalue weighted by molar-refractivity contribution is 0.0881. The van der Waals surface area contributed by atoms with E-state index in [4.69, 9.17) is 11.6 Å². The van der Waals surface area contributed by atoms with Gasteiger partial charge in [-0.15, -0.1) is 11.6 Å². The number of hydrogen-bond acceptors (Lipinski definition) is 1.